The minimum absolute atomic E-state index is 0.155. The first kappa shape index (κ1) is 19.3. The van der Waals surface area contributed by atoms with Crippen molar-refractivity contribution >= 4 is 35.2 Å². The minimum Gasteiger partial charge on any atom is -0.370 e. The van der Waals surface area contributed by atoms with Gasteiger partial charge in [0.1, 0.15) is 0 Å². The lowest BCUT2D eigenvalue weighted by Gasteiger charge is -2.24. The number of thiocarbonyl (C=S) groups is 1. The number of primary amides is 1. The molecule has 0 unspecified atom stereocenters. The van der Waals surface area contributed by atoms with Crippen molar-refractivity contribution in [1.29, 1.82) is 0 Å². The minimum atomic E-state index is -0.416. The molecule has 0 saturated heterocycles. The summed E-state index contributed by atoms with van der Waals surface area (Å²) in [6.45, 7) is 0.821. The average molecular weight is 367 g/mol. The van der Waals surface area contributed by atoms with Gasteiger partial charge in [0, 0.05) is 25.6 Å². The van der Waals surface area contributed by atoms with Gasteiger partial charge in [-0.15, -0.1) is 0 Å². The molecule has 0 spiro atoms. The van der Waals surface area contributed by atoms with E-state index in [-0.39, 0.29) is 17.4 Å². The van der Waals surface area contributed by atoms with Gasteiger partial charge in [0.25, 0.3) is 0 Å². The van der Waals surface area contributed by atoms with Gasteiger partial charge in [-0.2, -0.15) is 0 Å². The van der Waals surface area contributed by atoms with Gasteiger partial charge in [-0.05, 0) is 29.4 Å². The summed E-state index contributed by atoms with van der Waals surface area (Å²) in [5, 5.41) is 2.94. The first-order valence-corrected chi connectivity index (χ1v) is 8.60. The molecule has 0 aliphatic heterocycles. The van der Waals surface area contributed by atoms with E-state index in [1.165, 1.54) is 6.08 Å². The van der Waals surface area contributed by atoms with Crippen molar-refractivity contribution in [2.45, 2.75) is 13.0 Å². The van der Waals surface area contributed by atoms with Crippen molar-refractivity contribution in [3.05, 3.63) is 77.9 Å². The molecule has 0 fully saturated rings. The maximum Gasteiger partial charge on any atom is 0.250 e. The van der Waals surface area contributed by atoms with E-state index in [1.807, 2.05) is 60.7 Å². The summed E-state index contributed by atoms with van der Waals surface area (Å²) >= 11 is 5.34. The molecule has 134 valence electrons. The average Bonchev–Trinajstić information content (AvgIpc) is 2.65. The van der Waals surface area contributed by atoms with Crippen LogP contribution in [0.4, 0.5) is 0 Å². The Bertz CT molecular complexity index is 776. The molecule has 0 radical (unpaired) electrons. The van der Waals surface area contributed by atoms with Gasteiger partial charge < -0.3 is 10.6 Å². The topological polar surface area (TPSA) is 75.4 Å². The molecular formula is C20H21N3O2S. The lowest BCUT2D eigenvalue weighted by Crippen LogP contribution is -2.43. The van der Waals surface area contributed by atoms with E-state index in [0.29, 0.717) is 13.1 Å². The van der Waals surface area contributed by atoms with Crippen LogP contribution in [0.1, 0.15) is 17.5 Å². The van der Waals surface area contributed by atoms with Gasteiger partial charge in [0.15, 0.2) is 5.11 Å². The normalized spacial score (nSPS) is 10.5. The zero-order chi connectivity index (χ0) is 18.8. The Hall–Kier alpha value is -2.99. The van der Waals surface area contributed by atoms with Crippen molar-refractivity contribution in [1.82, 2.24) is 10.2 Å². The molecule has 0 saturated carbocycles. The third kappa shape index (κ3) is 6.86. The van der Waals surface area contributed by atoms with E-state index < -0.39 is 5.91 Å². The van der Waals surface area contributed by atoms with Crippen molar-refractivity contribution in [3.8, 4) is 0 Å². The molecule has 2 aromatic rings. The molecule has 0 aromatic heterocycles. The highest BCUT2D eigenvalue weighted by Crippen LogP contribution is 2.06. The summed E-state index contributed by atoms with van der Waals surface area (Å²) in [6.07, 6.45) is 3.29. The smallest absolute Gasteiger partial charge is 0.250 e. The second-order valence-corrected chi connectivity index (χ2v) is 6.05. The number of nitrogens with one attached hydrogen (secondary N) is 1. The highest BCUT2D eigenvalue weighted by Gasteiger charge is 2.13. The Morgan fingerprint density at radius 1 is 1.04 bits per heavy atom. The molecule has 6 heteroatoms. The standard InChI is InChI=1S/C20H21N3O2S/c21-18(24)13-14-23(15-17-9-5-2-6-10-17)20(26)22-19(25)12-11-16-7-3-1-4-8-16/h1-12H,13-15H2,(H2,21,24)(H,22,25,26)/b12-11+. The van der Waals surface area contributed by atoms with Crippen molar-refractivity contribution < 1.29 is 9.59 Å². The van der Waals surface area contributed by atoms with Gasteiger partial charge in [-0.25, -0.2) is 0 Å². The second-order valence-electron chi connectivity index (χ2n) is 5.66. The Balaban J connectivity index is 1.99. The summed E-state index contributed by atoms with van der Waals surface area (Å²) in [5.41, 5.74) is 7.18. The number of nitrogens with zero attached hydrogens (tertiary/aromatic N) is 1. The fourth-order valence-corrected chi connectivity index (χ4v) is 2.52. The third-order valence-corrected chi connectivity index (χ3v) is 3.95. The quantitative estimate of drug-likeness (QED) is 0.582. The number of carbonyl (C=O) groups excluding carboxylic acids is 2. The summed E-state index contributed by atoms with van der Waals surface area (Å²) in [7, 11) is 0. The van der Waals surface area contributed by atoms with Crippen molar-refractivity contribution in [2.24, 2.45) is 5.73 Å². The van der Waals surface area contributed by atoms with Crippen LogP contribution < -0.4 is 11.1 Å². The first-order chi connectivity index (χ1) is 12.5. The van der Waals surface area contributed by atoms with E-state index in [4.69, 9.17) is 18.0 Å². The van der Waals surface area contributed by atoms with Crippen LogP contribution >= 0.6 is 12.2 Å². The van der Waals surface area contributed by atoms with Gasteiger partial charge >= 0.3 is 0 Å². The molecule has 0 bridgehead atoms. The molecular weight excluding hydrogens is 346 g/mol. The first-order valence-electron chi connectivity index (χ1n) is 8.20. The van der Waals surface area contributed by atoms with Crippen LogP contribution in [0.5, 0.6) is 0 Å². The van der Waals surface area contributed by atoms with E-state index in [0.717, 1.165) is 11.1 Å². The van der Waals surface area contributed by atoms with Crippen LogP contribution in [0, 0.1) is 0 Å². The van der Waals surface area contributed by atoms with Crippen molar-refractivity contribution in [3.63, 3.8) is 0 Å². The maximum atomic E-state index is 12.1. The van der Waals surface area contributed by atoms with E-state index in [2.05, 4.69) is 5.32 Å². The predicted octanol–water partition coefficient (Wildman–Crippen LogP) is 2.48. The van der Waals surface area contributed by atoms with Crippen LogP contribution in [0.3, 0.4) is 0 Å². The van der Waals surface area contributed by atoms with Crippen LogP contribution in [-0.2, 0) is 16.1 Å². The number of carbonyl (C=O) groups is 2. The molecule has 5 nitrogen and oxygen atoms in total. The summed E-state index contributed by atoms with van der Waals surface area (Å²) in [5.74, 6) is -0.739. The summed E-state index contributed by atoms with van der Waals surface area (Å²) < 4.78 is 0. The molecule has 0 aliphatic rings. The van der Waals surface area contributed by atoms with Crippen LogP contribution in [0.15, 0.2) is 66.7 Å². The molecule has 26 heavy (non-hydrogen) atoms. The van der Waals surface area contributed by atoms with Gasteiger partial charge in [-0.1, -0.05) is 60.7 Å². The molecule has 3 N–H and O–H groups in total. The monoisotopic (exact) mass is 367 g/mol. The Morgan fingerprint density at radius 2 is 1.65 bits per heavy atom. The lowest BCUT2D eigenvalue weighted by molar-refractivity contribution is -0.118. The number of benzene rings is 2. The third-order valence-electron chi connectivity index (χ3n) is 3.59. The Labute approximate surface area is 158 Å². The van der Waals surface area contributed by atoms with E-state index in [1.54, 1.807) is 11.0 Å². The molecule has 0 heterocycles. The number of rotatable bonds is 7. The lowest BCUT2D eigenvalue weighted by atomic mass is 10.2. The van der Waals surface area contributed by atoms with Gasteiger partial charge in [0.05, 0.1) is 0 Å². The van der Waals surface area contributed by atoms with Gasteiger partial charge in [0.2, 0.25) is 11.8 Å². The summed E-state index contributed by atoms with van der Waals surface area (Å²) in [6, 6.07) is 19.2. The fraction of sp³-hybridized carbons (Fsp3) is 0.150. The summed E-state index contributed by atoms with van der Waals surface area (Å²) in [4.78, 5) is 25.0. The van der Waals surface area contributed by atoms with Crippen LogP contribution in [0.25, 0.3) is 6.08 Å². The second kappa shape index (κ2) is 10.1. The van der Waals surface area contributed by atoms with E-state index in [9.17, 15) is 9.59 Å². The zero-order valence-electron chi connectivity index (χ0n) is 14.3. The number of amides is 2. The Kier molecular flexibility index (Phi) is 7.51. The van der Waals surface area contributed by atoms with Crippen molar-refractivity contribution in [2.75, 3.05) is 6.54 Å². The highest BCUT2D eigenvalue weighted by atomic mass is 32.1. The molecule has 0 atom stereocenters. The largest absolute Gasteiger partial charge is 0.370 e. The maximum absolute atomic E-state index is 12.1. The van der Waals surface area contributed by atoms with Crippen LogP contribution in [0.2, 0.25) is 0 Å². The van der Waals surface area contributed by atoms with E-state index >= 15 is 0 Å². The number of nitrogens with two attached hydrogens (primary N) is 1. The Morgan fingerprint density at radius 3 is 2.27 bits per heavy atom. The predicted molar refractivity (Wildman–Crippen MR) is 107 cm³/mol. The SMILES string of the molecule is NC(=O)CCN(Cc1ccccc1)C(=S)NC(=O)/C=C/c1ccccc1. The molecule has 2 rings (SSSR count). The zero-order valence-corrected chi connectivity index (χ0v) is 15.1. The number of hydrogen-bond acceptors (Lipinski definition) is 3. The van der Waals surface area contributed by atoms with Crippen LogP contribution in [-0.4, -0.2) is 28.4 Å². The molecule has 0 aliphatic carbocycles. The fourth-order valence-electron chi connectivity index (χ4n) is 2.26. The number of hydrogen-bond donors (Lipinski definition) is 2. The molecule has 2 amide bonds. The van der Waals surface area contributed by atoms with Gasteiger partial charge in [-0.3, -0.25) is 14.9 Å². The highest BCUT2D eigenvalue weighted by molar-refractivity contribution is 7.80. The molecule has 2 aromatic carbocycles.